The van der Waals surface area contributed by atoms with Crippen LogP contribution in [-0.2, 0) is 34.1 Å². The molecule has 0 radical (unpaired) electrons. The van der Waals surface area contributed by atoms with E-state index in [0.29, 0.717) is 23.7 Å². The molecule has 0 aromatic heterocycles. The molecule has 4 aromatic rings. The van der Waals surface area contributed by atoms with Crippen LogP contribution in [0.1, 0.15) is 27.0 Å². The first-order valence-corrected chi connectivity index (χ1v) is 16.7. The summed E-state index contributed by atoms with van der Waals surface area (Å²) in [5.41, 5.74) is 1.76. The maximum Gasteiger partial charge on any atom is 0.326 e. The fourth-order valence-electron chi connectivity index (χ4n) is 4.63. The van der Waals surface area contributed by atoms with Crippen LogP contribution in [0.3, 0.4) is 0 Å². The number of aryl methyl sites for hydroxylation is 1. The fraction of sp³-hybridized carbons (Fsp3) is 0.161. The minimum absolute atomic E-state index is 0.0568. The SMILES string of the molecule is O=C(N[C@@H](Cc1cccc(C[SH](=O)=O)c1)C(=O)O)c1c(Cl)cc(CCP(c2cccc(O)c2)c2cccc(O)c2)cc1Cl. The third-order valence-electron chi connectivity index (χ3n) is 6.58. The third-order valence-corrected chi connectivity index (χ3v) is 10.3. The molecule has 4 aromatic carbocycles. The number of phenolic OH excluding ortho intramolecular Hbond substituents is 2. The number of hydrogen-bond donors (Lipinski definition) is 5. The van der Waals surface area contributed by atoms with Crippen LogP contribution in [0.5, 0.6) is 11.5 Å². The molecule has 0 saturated carbocycles. The topological polar surface area (TPSA) is 141 Å². The molecule has 0 aliphatic carbocycles. The van der Waals surface area contributed by atoms with Crippen LogP contribution >= 0.6 is 31.1 Å². The lowest BCUT2D eigenvalue weighted by atomic mass is 10.0. The molecule has 224 valence electrons. The average molecular weight is 661 g/mol. The maximum absolute atomic E-state index is 13.1. The van der Waals surface area contributed by atoms with Crippen LogP contribution in [-0.4, -0.2) is 47.8 Å². The number of phenols is 2. The normalized spacial score (nSPS) is 11.9. The smallest absolute Gasteiger partial charge is 0.326 e. The van der Waals surface area contributed by atoms with Crippen molar-refractivity contribution in [3.8, 4) is 11.5 Å². The number of carboxylic acids is 1. The molecular formula is C31H28Cl2NO7PS. The molecule has 1 amide bonds. The molecule has 0 unspecified atom stereocenters. The number of benzene rings is 4. The van der Waals surface area contributed by atoms with Crippen molar-refractivity contribution in [3.63, 3.8) is 0 Å². The van der Waals surface area contributed by atoms with E-state index in [0.717, 1.165) is 16.2 Å². The molecule has 8 nitrogen and oxygen atoms in total. The minimum Gasteiger partial charge on any atom is -0.508 e. The maximum atomic E-state index is 13.1. The van der Waals surface area contributed by atoms with Crippen molar-refractivity contribution in [2.24, 2.45) is 0 Å². The van der Waals surface area contributed by atoms with Gasteiger partial charge in [0.1, 0.15) is 28.2 Å². The minimum atomic E-state index is -2.64. The van der Waals surface area contributed by atoms with Gasteiger partial charge in [-0.3, -0.25) is 4.79 Å². The van der Waals surface area contributed by atoms with E-state index in [1.165, 1.54) is 0 Å². The van der Waals surface area contributed by atoms with E-state index in [1.54, 1.807) is 72.8 Å². The van der Waals surface area contributed by atoms with Gasteiger partial charge in [0.2, 0.25) is 0 Å². The first-order chi connectivity index (χ1) is 20.5. The molecule has 0 aliphatic rings. The van der Waals surface area contributed by atoms with Crippen molar-refractivity contribution in [2.75, 3.05) is 6.16 Å². The number of carbonyl (C=O) groups excluding carboxylic acids is 1. The van der Waals surface area contributed by atoms with Gasteiger partial charge >= 0.3 is 5.97 Å². The zero-order valence-electron chi connectivity index (χ0n) is 22.6. The van der Waals surface area contributed by atoms with Gasteiger partial charge in [-0.2, -0.15) is 0 Å². The van der Waals surface area contributed by atoms with Gasteiger partial charge in [-0.25, -0.2) is 13.2 Å². The predicted octanol–water partition coefficient (Wildman–Crippen LogP) is 4.62. The molecule has 0 bridgehead atoms. The number of rotatable bonds is 12. The summed E-state index contributed by atoms with van der Waals surface area (Å²) in [5, 5.41) is 34.3. The summed E-state index contributed by atoms with van der Waals surface area (Å²) in [6.07, 6.45) is 1.06. The van der Waals surface area contributed by atoms with Gasteiger partial charge in [0, 0.05) is 6.42 Å². The second kappa shape index (κ2) is 14.7. The highest BCUT2D eigenvalue weighted by Gasteiger charge is 2.25. The van der Waals surface area contributed by atoms with E-state index in [1.807, 2.05) is 12.1 Å². The standard InChI is InChI=1S/C31H28Cl2NO7PS/c32-26-13-20(10-11-42(24-8-2-6-22(35)16-24)25-9-3-7-23(36)17-25)14-27(33)29(26)30(37)34-28(31(38)39)15-19-4-1-5-21(12-19)18-43(40)41/h1-9,12-14,16-17,28,35-36,43H,10-11,15,18H2,(H,34,37)(H,38,39)/t28-/m0/s1. The summed E-state index contributed by atoms with van der Waals surface area (Å²) >= 11 is 13.0. The first kappa shape index (κ1) is 32.3. The van der Waals surface area contributed by atoms with E-state index in [-0.39, 0.29) is 39.3 Å². The monoisotopic (exact) mass is 659 g/mol. The summed E-state index contributed by atoms with van der Waals surface area (Å²) in [7, 11) is -3.63. The van der Waals surface area contributed by atoms with Gasteiger partial charge in [-0.05, 0) is 84.2 Å². The molecule has 0 fully saturated rings. The Morgan fingerprint density at radius 3 is 1.88 bits per heavy atom. The van der Waals surface area contributed by atoms with Gasteiger partial charge in [0.25, 0.3) is 5.91 Å². The zero-order chi connectivity index (χ0) is 31.1. The van der Waals surface area contributed by atoms with Gasteiger partial charge in [-0.1, -0.05) is 71.7 Å². The second-order valence-electron chi connectivity index (χ2n) is 9.76. The number of halogens is 2. The van der Waals surface area contributed by atoms with Crippen molar-refractivity contribution in [1.82, 2.24) is 5.32 Å². The molecule has 0 aliphatic heterocycles. The first-order valence-electron chi connectivity index (χ1n) is 13.1. The highest BCUT2D eigenvalue weighted by atomic mass is 35.5. The molecule has 0 spiro atoms. The summed E-state index contributed by atoms with van der Waals surface area (Å²) in [6, 6.07) is 22.4. The Balaban J connectivity index is 1.51. The number of carboxylic acid groups (broad SMARTS) is 1. The lowest BCUT2D eigenvalue weighted by Gasteiger charge is -2.20. The molecular weight excluding hydrogens is 632 g/mol. The number of carbonyl (C=O) groups is 2. The fourth-order valence-corrected chi connectivity index (χ4v) is 8.23. The van der Waals surface area contributed by atoms with Crippen molar-refractivity contribution in [1.29, 1.82) is 0 Å². The average Bonchev–Trinajstić information content (AvgIpc) is 2.92. The van der Waals surface area contributed by atoms with Crippen LogP contribution < -0.4 is 15.9 Å². The highest BCUT2D eigenvalue weighted by molar-refractivity contribution is 7.73. The number of aliphatic carboxylic acids is 1. The van der Waals surface area contributed by atoms with E-state index < -0.39 is 36.5 Å². The van der Waals surface area contributed by atoms with E-state index in [9.17, 15) is 33.3 Å². The number of aromatic hydroxyl groups is 2. The lowest BCUT2D eigenvalue weighted by Crippen LogP contribution is -2.42. The van der Waals surface area contributed by atoms with Gasteiger partial charge in [0.15, 0.2) is 0 Å². The Labute approximate surface area is 261 Å². The van der Waals surface area contributed by atoms with Gasteiger partial charge in [-0.15, -0.1) is 0 Å². The van der Waals surface area contributed by atoms with Crippen LogP contribution in [0.15, 0.2) is 84.9 Å². The van der Waals surface area contributed by atoms with E-state index in [4.69, 9.17) is 23.2 Å². The largest absolute Gasteiger partial charge is 0.508 e. The second-order valence-corrected chi connectivity index (χ2v) is 13.9. The van der Waals surface area contributed by atoms with Crippen LogP contribution in [0.2, 0.25) is 10.0 Å². The molecule has 0 saturated heterocycles. The highest BCUT2D eigenvalue weighted by Crippen LogP contribution is 2.37. The number of amides is 1. The Hall–Kier alpha value is -3.62. The van der Waals surface area contributed by atoms with Gasteiger partial charge in [0.05, 0.1) is 21.4 Å². The molecule has 43 heavy (non-hydrogen) atoms. The van der Waals surface area contributed by atoms with Crippen molar-refractivity contribution in [3.05, 3.63) is 117 Å². The third kappa shape index (κ3) is 8.94. The van der Waals surface area contributed by atoms with Gasteiger partial charge < -0.3 is 20.6 Å². The van der Waals surface area contributed by atoms with Crippen LogP contribution in [0.4, 0.5) is 0 Å². The molecule has 12 heteroatoms. The Morgan fingerprint density at radius 1 is 0.791 bits per heavy atom. The van der Waals surface area contributed by atoms with Crippen molar-refractivity contribution >= 4 is 64.3 Å². The quantitative estimate of drug-likeness (QED) is 0.110. The van der Waals surface area contributed by atoms with Crippen LogP contribution in [0, 0.1) is 0 Å². The number of thiol groups is 1. The molecule has 1 atom stereocenters. The molecule has 4 N–H and O–H groups in total. The Kier molecular flexibility index (Phi) is 11.0. The molecule has 0 heterocycles. The summed E-state index contributed by atoms with van der Waals surface area (Å²) in [6.45, 7) is 0. The Morgan fingerprint density at radius 2 is 1.35 bits per heavy atom. The predicted molar refractivity (Wildman–Crippen MR) is 170 cm³/mol. The van der Waals surface area contributed by atoms with E-state index in [2.05, 4.69) is 5.32 Å². The Bertz CT molecular complexity index is 1650. The van der Waals surface area contributed by atoms with Crippen molar-refractivity contribution in [2.45, 2.75) is 24.6 Å². The van der Waals surface area contributed by atoms with E-state index >= 15 is 0 Å². The summed E-state index contributed by atoms with van der Waals surface area (Å²) in [4.78, 5) is 25.1. The lowest BCUT2D eigenvalue weighted by molar-refractivity contribution is -0.139. The van der Waals surface area contributed by atoms with Crippen LogP contribution in [0.25, 0.3) is 0 Å². The summed E-state index contributed by atoms with van der Waals surface area (Å²) < 4.78 is 22.1. The van der Waals surface area contributed by atoms with Crippen molar-refractivity contribution < 1.29 is 33.3 Å². The summed E-state index contributed by atoms with van der Waals surface area (Å²) in [5.74, 6) is -1.93. The number of nitrogens with one attached hydrogen (secondary N) is 1. The zero-order valence-corrected chi connectivity index (χ0v) is 25.9. The number of hydrogen-bond acceptors (Lipinski definition) is 6. The molecule has 4 rings (SSSR count).